The average Bonchev–Trinajstić information content (AvgIpc) is 2.94. The third-order valence-electron chi connectivity index (χ3n) is 7.69. The number of carbonyl (C=O) groups is 1. The molecule has 0 saturated carbocycles. The molecule has 1 amide bonds. The highest BCUT2D eigenvalue weighted by Crippen LogP contribution is 2.38. The summed E-state index contributed by atoms with van der Waals surface area (Å²) in [6.07, 6.45) is -3.49. The summed E-state index contributed by atoms with van der Waals surface area (Å²) >= 11 is 6.24. The number of carbonyl (C=O) groups excluding carboxylic acids is 1. The number of hydrogen-bond acceptors (Lipinski definition) is 6. The molecule has 0 bridgehead atoms. The number of alkyl halides is 3. The Balaban J connectivity index is 1.25. The molecule has 42 heavy (non-hydrogen) atoms. The van der Waals surface area contributed by atoms with Crippen molar-refractivity contribution in [3.63, 3.8) is 0 Å². The molecule has 5 rings (SSSR count). The molecule has 0 atom stereocenters. The summed E-state index contributed by atoms with van der Waals surface area (Å²) in [6.45, 7) is 1.24. The smallest absolute Gasteiger partial charge is 0.497 e. The summed E-state index contributed by atoms with van der Waals surface area (Å²) in [5.41, 5.74) is 1.86. The Morgan fingerprint density at radius 1 is 1.02 bits per heavy atom. The number of fused-ring (bicyclic) bond motifs is 1. The van der Waals surface area contributed by atoms with E-state index < -0.39 is 23.5 Å². The Kier molecular flexibility index (Phi) is 8.43. The van der Waals surface area contributed by atoms with E-state index in [1.807, 2.05) is 17.0 Å². The fraction of sp³-hybridized carbons (Fsp3) is 0.367. The van der Waals surface area contributed by atoms with E-state index in [1.165, 1.54) is 23.1 Å². The maximum atomic E-state index is 15.1. The van der Waals surface area contributed by atoms with Crippen molar-refractivity contribution in [1.29, 1.82) is 0 Å². The standard InChI is InChI=1S/C30H30ClF4N3O4/c1-41-20-4-2-19(3-5-20)17-38-27(39)11-7-22-25(9-8-24(32)28(22)38)36-18-29(40)12-14-37(15-13-29)26-10-6-21(16-23(26)31)42-30(33,34)35/h2-6,8-10,16,36,40H,7,11-15,17-18H2,1H3. The van der Waals surface area contributed by atoms with Crippen molar-refractivity contribution < 1.29 is 36.9 Å². The second-order valence-corrected chi connectivity index (χ2v) is 10.9. The minimum Gasteiger partial charge on any atom is -0.497 e. The molecule has 1 fully saturated rings. The second kappa shape index (κ2) is 11.9. The van der Waals surface area contributed by atoms with Gasteiger partial charge in [0.15, 0.2) is 0 Å². The van der Waals surface area contributed by atoms with E-state index in [1.54, 1.807) is 25.3 Å². The summed E-state index contributed by atoms with van der Waals surface area (Å²) in [4.78, 5) is 16.2. The zero-order chi connectivity index (χ0) is 30.1. The van der Waals surface area contributed by atoms with Gasteiger partial charge in [-0.05, 0) is 61.2 Å². The number of aliphatic hydroxyl groups is 1. The van der Waals surface area contributed by atoms with E-state index in [2.05, 4.69) is 10.1 Å². The van der Waals surface area contributed by atoms with Crippen LogP contribution in [0.5, 0.6) is 11.5 Å². The summed E-state index contributed by atoms with van der Waals surface area (Å²) in [5, 5.41) is 14.7. The number of hydrogen-bond donors (Lipinski definition) is 2. The SMILES string of the molecule is COc1ccc(CN2C(=O)CCc3c(NCC4(O)CCN(c5ccc(OC(F)(F)F)cc5Cl)CC4)ccc(F)c32)cc1. The van der Waals surface area contributed by atoms with Crippen LogP contribution in [0.25, 0.3) is 0 Å². The number of anilines is 3. The number of rotatable bonds is 8. The number of halogens is 5. The van der Waals surface area contributed by atoms with Crippen molar-refractivity contribution >= 4 is 34.6 Å². The Labute approximate surface area is 245 Å². The number of ether oxygens (including phenoxy) is 2. The van der Waals surface area contributed by atoms with Crippen LogP contribution in [0, 0.1) is 5.82 Å². The van der Waals surface area contributed by atoms with E-state index in [9.17, 15) is 23.1 Å². The molecule has 2 N–H and O–H groups in total. The van der Waals surface area contributed by atoms with Gasteiger partial charge in [-0.1, -0.05) is 23.7 Å². The van der Waals surface area contributed by atoms with Crippen molar-refractivity contribution in [1.82, 2.24) is 0 Å². The fourth-order valence-electron chi connectivity index (χ4n) is 5.43. The van der Waals surface area contributed by atoms with Gasteiger partial charge >= 0.3 is 6.36 Å². The van der Waals surface area contributed by atoms with Gasteiger partial charge < -0.3 is 29.7 Å². The monoisotopic (exact) mass is 607 g/mol. The van der Waals surface area contributed by atoms with Crippen molar-refractivity contribution in [3.8, 4) is 11.5 Å². The van der Waals surface area contributed by atoms with Gasteiger partial charge in [0.1, 0.15) is 17.3 Å². The minimum atomic E-state index is -4.81. The van der Waals surface area contributed by atoms with Crippen molar-refractivity contribution in [2.75, 3.05) is 41.9 Å². The fourth-order valence-corrected chi connectivity index (χ4v) is 5.72. The molecule has 224 valence electrons. The van der Waals surface area contributed by atoms with Gasteiger partial charge in [0.05, 0.1) is 35.7 Å². The molecule has 7 nitrogen and oxygen atoms in total. The third kappa shape index (κ3) is 6.68. The predicted octanol–water partition coefficient (Wildman–Crippen LogP) is 6.31. The first-order chi connectivity index (χ1) is 19.9. The molecule has 0 aromatic heterocycles. The molecule has 0 aliphatic carbocycles. The van der Waals surface area contributed by atoms with Crippen LogP contribution >= 0.6 is 11.6 Å². The topological polar surface area (TPSA) is 74.3 Å². The molecule has 2 heterocycles. The lowest BCUT2D eigenvalue weighted by molar-refractivity contribution is -0.274. The van der Waals surface area contributed by atoms with Gasteiger partial charge in [-0.3, -0.25) is 4.79 Å². The summed E-state index contributed by atoms with van der Waals surface area (Å²) in [6, 6.07) is 14.0. The van der Waals surface area contributed by atoms with E-state index in [0.29, 0.717) is 55.0 Å². The lowest BCUT2D eigenvalue weighted by Crippen LogP contribution is -2.48. The van der Waals surface area contributed by atoms with Crippen molar-refractivity contribution in [2.24, 2.45) is 0 Å². The first kappa shape index (κ1) is 29.8. The van der Waals surface area contributed by atoms with Gasteiger partial charge in [-0.2, -0.15) is 0 Å². The zero-order valence-corrected chi connectivity index (χ0v) is 23.6. The molecule has 1 saturated heterocycles. The minimum absolute atomic E-state index is 0.118. The van der Waals surface area contributed by atoms with Crippen LogP contribution in [0.4, 0.5) is 34.6 Å². The largest absolute Gasteiger partial charge is 0.573 e. The molecule has 0 unspecified atom stereocenters. The van der Waals surface area contributed by atoms with Gasteiger partial charge in [0, 0.05) is 43.4 Å². The Hall–Kier alpha value is -3.70. The van der Waals surface area contributed by atoms with Crippen LogP contribution in [-0.4, -0.2) is 49.7 Å². The van der Waals surface area contributed by atoms with E-state index in [4.69, 9.17) is 16.3 Å². The van der Waals surface area contributed by atoms with Crippen LogP contribution < -0.4 is 24.6 Å². The summed E-state index contributed by atoms with van der Waals surface area (Å²) in [5.74, 6) is -0.382. The van der Waals surface area contributed by atoms with Crippen molar-refractivity contribution in [3.05, 3.63) is 76.6 Å². The van der Waals surface area contributed by atoms with Gasteiger partial charge in [-0.25, -0.2) is 4.39 Å². The lowest BCUT2D eigenvalue weighted by Gasteiger charge is -2.40. The number of amides is 1. The molecular weight excluding hydrogens is 578 g/mol. The second-order valence-electron chi connectivity index (χ2n) is 10.5. The Morgan fingerprint density at radius 2 is 1.71 bits per heavy atom. The highest BCUT2D eigenvalue weighted by atomic mass is 35.5. The molecule has 12 heteroatoms. The predicted molar refractivity (Wildman–Crippen MR) is 152 cm³/mol. The average molecular weight is 608 g/mol. The Morgan fingerprint density at radius 3 is 2.36 bits per heavy atom. The van der Waals surface area contributed by atoms with E-state index in [-0.39, 0.29) is 36.1 Å². The number of benzene rings is 3. The van der Waals surface area contributed by atoms with Gasteiger partial charge in [0.25, 0.3) is 0 Å². The lowest BCUT2D eigenvalue weighted by atomic mass is 9.90. The molecular formula is C30H30ClF4N3O4. The number of methoxy groups -OCH3 is 1. The first-order valence-electron chi connectivity index (χ1n) is 13.5. The van der Waals surface area contributed by atoms with Crippen LogP contribution in [0.3, 0.4) is 0 Å². The zero-order valence-electron chi connectivity index (χ0n) is 22.8. The maximum absolute atomic E-state index is 15.1. The molecule has 3 aromatic carbocycles. The molecule has 2 aliphatic heterocycles. The van der Waals surface area contributed by atoms with Gasteiger partial charge in [0.2, 0.25) is 5.91 Å². The Bertz CT molecular complexity index is 1440. The van der Waals surface area contributed by atoms with Crippen LogP contribution in [0.1, 0.15) is 30.4 Å². The summed E-state index contributed by atoms with van der Waals surface area (Å²) in [7, 11) is 1.57. The van der Waals surface area contributed by atoms with Crippen molar-refractivity contribution in [2.45, 2.75) is 44.2 Å². The van der Waals surface area contributed by atoms with Gasteiger partial charge in [-0.15, -0.1) is 13.2 Å². The first-order valence-corrected chi connectivity index (χ1v) is 13.8. The number of nitrogens with one attached hydrogen (secondary N) is 1. The molecule has 0 spiro atoms. The maximum Gasteiger partial charge on any atom is 0.573 e. The van der Waals surface area contributed by atoms with Crippen LogP contribution in [-0.2, 0) is 17.8 Å². The normalized spacial score (nSPS) is 16.7. The molecule has 2 aliphatic rings. The van der Waals surface area contributed by atoms with Crippen LogP contribution in [0.2, 0.25) is 5.02 Å². The highest BCUT2D eigenvalue weighted by molar-refractivity contribution is 6.33. The third-order valence-corrected chi connectivity index (χ3v) is 7.99. The van der Waals surface area contributed by atoms with E-state index >= 15 is 4.39 Å². The quantitative estimate of drug-likeness (QED) is 0.293. The number of nitrogens with zero attached hydrogens (tertiary/aromatic N) is 2. The number of piperidine rings is 1. The summed E-state index contributed by atoms with van der Waals surface area (Å²) < 4.78 is 61.8. The highest BCUT2D eigenvalue weighted by Gasteiger charge is 2.35. The van der Waals surface area contributed by atoms with Crippen LogP contribution in [0.15, 0.2) is 54.6 Å². The van der Waals surface area contributed by atoms with E-state index in [0.717, 1.165) is 11.6 Å². The molecule has 3 aromatic rings. The molecule has 0 radical (unpaired) electrons.